The molecule has 0 radical (unpaired) electrons. The van der Waals surface area contributed by atoms with Crippen molar-refractivity contribution in [1.82, 2.24) is 5.32 Å². The summed E-state index contributed by atoms with van der Waals surface area (Å²) in [5.41, 5.74) is 5.72. The second kappa shape index (κ2) is 3.52. The van der Waals surface area contributed by atoms with Gasteiger partial charge in [0.05, 0.1) is 18.4 Å². The maximum atomic E-state index is 5.86. The van der Waals surface area contributed by atoms with Crippen LogP contribution < -0.4 is 11.1 Å². The Hall–Kier alpha value is -0.120. The molecule has 1 heterocycles. The Bertz CT molecular complexity index is 125. The molecule has 0 saturated carbocycles. The lowest BCUT2D eigenvalue weighted by atomic mass is 9.95. The topological polar surface area (TPSA) is 47.3 Å². The molecule has 0 aromatic heterocycles. The quantitative estimate of drug-likeness (QED) is 0.613. The molecule has 2 unspecified atom stereocenters. The highest BCUT2D eigenvalue weighted by Crippen LogP contribution is 2.21. The Labute approximate surface area is 68.3 Å². The summed E-state index contributed by atoms with van der Waals surface area (Å²) in [4.78, 5) is 0. The monoisotopic (exact) mass is 158 g/mol. The second-order valence-corrected chi connectivity index (χ2v) is 3.34. The molecule has 1 aliphatic rings. The molecule has 0 aromatic rings. The van der Waals surface area contributed by atoms with Gasteiger partial charge in [-0.2, -0.15) is 0 Å². The minimum Gasteiger partial charge on any atom is -0.371 e. The maximum absolute atomic E-state index is 5.86. The summed E-state index contributed by atoms with van der Waals surface area (Å²) < 4.78 is 5.63. The minimum atomic E-state index is -0.146. The van der Waals surface area contributed by atoms with Crippen molar-refractivity contribution in [3.63, 3.8) is 0 Å². The van der Waals surface area contributed by atoms with Crippen LogP contribution in [0.5, 0.6) is 0 Å². The summed E-state index contributed by atoms with van der Waals surface area (Å²) in [5, 5.41) is 3.21. The summed E-state index contributed by atoms with van der Waals surface area (Å²) in [7, 11) is 0. The number of morpholine rings is 1. The molecule has 2 atom stereocenters. The highest BCUT2D eigenvalue weighted by Gasteiger charge is 2.34. The van der Waals surface area contributed by atoms with Gasteiger partial charge < -0.3 is 10.5 Å². The van der Waals surface area contributed by atoms with Gasteiger partial charge in [0.1, 0.15) is 0 Å². The van der Waals surface area contributed by atoms with E-state index in [0.717, 1.165) is 26.0 Å². The van der Waals surface area contributed by atoms with E-state index in [1.807, 2.05) is 0 Å². The predicted octanol–water partition coefficient (Wildman–Crippen LogP) is 0.450. The average molecular weight is 158 g/mol. The first kappa shape index (κ1) is 8.97. The van der Waals surface area contributed by atoms with Crippen molar-refractivity contribution in [3.8, 4) is 0 Å². The highest BCUT2D eigenvalue weighted by atomic mass is 16.5. The van der Waals surface area contributed by atoms with Crippen molar-refractivity contribution in [2.24, 2.45) is 5.73 Å². The number of nitrogens with two attached hydrogens (primary N) is 1. The molecular weight excluding hydrogens is 140 g/mol. The zero-order chi connectivity index (χ0) is 8.32. The van der Waals surface area contributed by atoms with Crippen LogP contribution >= 0.6 is 0 Å². The predicted molar refractivity (Wildman–Crippen MR) is 45.2 cm³/mol. The van der Waals surface area contributed by atoms with E-state index < -0.39 is 0 Å². The third kappa shape index (κ3) is 1.92. The molecule has 0 bridgehead atoms. The van der Waals surface area contributed by atoms with Crippen LogP contribution in [0.2, 0.25) is 0 Å². The number of hydrogen-bond acceptors (Lipinski definition) is 3. The first-order valence-corrected chi connectivity index (χ1v) is 4.32. The molecule has 0 aliphatic carbocycles. The zero-order valence-corrected chi connectivity index (χ0v) is 7.39. The molecule has 66 valence electrons. The van der Waals surface area contributed by atoms with Crippen molar-refractivity contribution in [1.29, 1.82) is 0 Å². The van der Waals surface area contributed by atoms with E-state index in [4.69, 9.17) is 10.5 Å². The van der Waals surface area contributed by atoms with Crippen LogP contribution in [0.3, 0.4) is 0 Å². The van der Waals surface area contributed by atoms with Crippen LogP contribution in [0.15, 0.2) is 0 Å². The maximum Gasteiger partial charge on any atom is 0.0936 e. The van der Waals surface area contributed by atoms with E-state index in [-0.39, 0.29) is 11.8 Å². The number of ether oxygens (including phenoxy) is 1. The third-order valence-electron chi connectivity index (χ3n) is 2.30. The fourth-order valence-electron chi connectivity index (χ4n) is 1.53. The Morgan fingerprint density at radius 2 is 2.45 bits per heavy atom. The molecule has 1 rings (SSSR count). The zero-order valence-electron chi connectivity index (χ0n) is 7.39. The molecule has 0 aromatic carbocycles. The Kier molecular flexibility index (Phi) is 2.87. The molecule has 11 heavy (non-hydrogen) atoms. The summed E-state index contributed by atoms with van der Waals surface area (Å²) in [6, 6.07) is 0. The van der Waals surface area contributed by atoms with Crippen molar-refractivity contribution in [2.45, 2.75) is 38.5 Å². The van der Waals surface area contributed by atoms with Crippen molar-refractivity contribution >= 4 is 0 Å². The molecule has 3 nitrogen and oxygen atoms in total. The van der Waals surface area contributed by atoms with Gasteiger partial charge in [-0.1, -0.05) is 13.3 Å². The van der Waals surface area contributed by atoms with Gasteiger partial charge in [0, 0.05) is 6.54 Å². The van der Waals surface area contributed by atoms with Gasteiger partial charge in [-0.15, -0.1) is 0 Å². The first-order valence-electron chi connectivity index (χ1n) is 4.32. The summed E-state index contributed by atoms with van der Waals surface area (Å²) in [6.07, 6.45) is 2.14. The van der Waals surface area contributed by atoms with Gasteiger partial charge in [-0.3, -0.25) is 5.32 Å². The van der Waals surface area contributed by atoms with E-state index >= 15 is 0 Å². The minimum absolute atomic E-state index is 0.00352. The first-order chi connectivity index (χ1) is 5.19. The molecule has 1 aliphatic heterocycles. The summed E-state index contributed by atoms with van der Waals surface area (Å²) >= 11 is 0. The van der Waals surface area contributed by atoms with Crippen LogP contribution in [-0.4, -0.2) is 24.9 Å². The second-order valence-electron chi connectivity index (χ2n) is 3.34. The van der Waals surface area contributed by atoms with Crippen LogP contribution in [-0.2, 0) is 4.74 Å². The normalized spacial score (nSPS) is 39.0. The smallest absolute Gasteiger partial charge is 0.0936 e. The van der Waals surface area contributed by atoms with Crippen LogP contribution in [0, 0.1) is 0 Å². The molecule has 3 heteroatoms. The standard InChI is InChI=1S/C8H18N2O/c1-3-4-8(2)7(9)10-5-6-11-8/h7,10H,3-6,9H2,1-2H3. The molecule has 1 fully saturated rings. The fourth-order valence-corrected chi connectivity index (χ4v) is 1.53. The van der Waals surface area contributed by atoms with Gasteiger partial charge in [0.15, 0.2) is 0 Å². The Balaban J connectivity index is 2.49. The molecule has 3 N–H and O–H groups in total. The number of nitrogens with one attached hydrogen (secondary N) is 1. The number of hydrogen-bond donors (Lipinski definition) is 2. The highest BCUT2D eigenvalue weighted by molar-refractivity contribution is 4.88. The lowest BCUT2D eigenvalue weighted by molar-refractivity contribution is -0.0878. The third-order valence-corrected chi connectivity index (χ3v) is 2.30. The van der Waals surface area contributed by atoms with Crippen molar-refractivity contribution in [2.75, 3.05) is 13.2 Å². The van der Waals surface area contributed by atoms with Crippen LogP contribution in [0.25, 0.3) is 0 Å². The van der Waals surface area contributed by atoms with Gasteiger partial charge in [-0.05, 0) is 13.3 Å². The fraction of sp³-hybridized carbons (Fsp3) is 1.00. The average Bonchev–Trinajstić information content (AvgIpc) is 1.96. The van der Waals surface area contributed by atoms with Crippen molar-refractivity contribution in [3.05, 3.63) is 0 Å². The van der Waals surface area contributed by atoms with Gasteiger partial charge in [-0.25, -0.2) is 0 Å². The van der Waals surface area contributed by atoms with E-state index in [1.165, 1.54) is 0 Å². The Morgan fingerprint density at radius 1 is 1.73 bits per heavy atom. The molecule has 1 saturated heterocycles. The van der Waals surface area contributed by atoms with E-state index in [9.17, 15) is 0 Å². The van der Waals surface area contributed by atoms with Gasteiger partial charge in [0.25, 0.3) is 0 Å². The van der Waals surface area contributed by atoms with Gasteiger partial charge >= 0.3 is 0 Å². The van der Waals surface area contributed by atoms with E-state index in [0.29, 0.717) is 0 Å². The molecule has 0 amide bonds. The van der Waals surface area contributed by atoms with Crippen LogP contribution in [0.1, 0.15) is 26.7 Å². The largest absolute Gasteiger partial charge is 0.371 e. The number of rotatable bonds is 2. The van der Waals surface area contributed by atoms with Crippen molar-refractivity contribution < 1.29 is 4.74 Å². The lowest BCUT2D eigenvalue weighted by Gasteiger charge is -2.39. The Morgan fingerprint density at radius 3 is 3.00 bits per heavy atom. The van der Waals surface area contributed by atoms with Crippen LogP contribution in [0.4, 0.5) is 0 Å². The summed E-state index contributed by atoms with van der Waals surface area (Å²) in [6.45, 7) is 5.88. The SMILES string of the molecule is CCCC1(C)OCCNC1N. The van der Waals surface area contributed by atoms with E-state index in [2.05, 4.69) is 19.2 Å². The lowest BCUT2D eigenvalue weighted by Crippen LogP contribution is -2.60. The molecular formula is C8H18N2O. The van der Waals surface area contributed by atoms with Gasteiger partial charge in [0.2, 0.25) is 0 Å². The molecule has 0 spiro atoms. The summed E-state index contributed by atoms with van der Waals surface area (Å²) in [5.74, 6) is 0. The van der Waals surface area contributed by atoms with E-state index in [1.54, 1.807) is 0 Å².